The number of nitrogens with zero attached hydrogens (tertiary/aromatic N) is 1. The Labute approximate surface area is 121 Å². The summed E-state index contributed by atoms with van der Waals surface area (Å²) < 4.78 is 5.44. The predicted molar refractivity (Wildman–Crippen MR) is 75.1 cm³/mol. The van der Waals surface area contributed by atoms with Crippen molar-refractivity contribution < 1.29 is 9.66 Å². The van der Waals surface area contributed by atoms with Crippen molar-refractivity contribution in [2.24, 2.45) is 5.92 Å². The van der Waals surface area contributed by atoms with E-state index in [0.29, 0.717) is 24.8 Å². The van der Waals surface area contributed by atoms with E-state index in [1.165, 1.54) is 25.0 Å². The first-order valence-electron chi connectivity index (χ1n) is 6.03. The SMILES string of the molecule is O=[N+]([O-])c1cc(Cl)c(Cl)cc1NCCOCC1CC1. The lowest BCUT2D eigenvalue weighted by Crippen LogP contribution is -2.11. The molecule has 1 aliphatic rings. The van der Waals surface area contributed by atoms with Gasteiger partial charge in [0, 0.05) is 19.2 Å². The van der Waals surface area contributed by atoms with Crippen LogP contribution in [0.15, 0.2) is 12.1 Å². The normalized spacial score (nSPS) is 14.4. The van der Waals surface area contributed by atoms with E-state index >= 15 is 0 Å². The van der Waals surface area contributed by atoms with E-state index in [2.05, 4.69) is 5.32 Å². The quantitative estimate of drug-likeness (QED) is 0.473. The van der Waals surface area contributed by atoms with Crippen LogP contribution in [0.4, 0.5) is 11.4 Å². The number of rotatable bonds is 7. The largest absolute Gasteiger partial charge is 0.379 e. The average Bonchev–Trinajstić information content (AvgIpc) is 3.16. The van der Waals surface area contributed by atoms with Crippen molar-refractivity contribution in [1.29, 1.82) is 0 Å². The fraction of sp³-hybridized carbons (Fsp3) is 0.500. The fourth-order valence-electron chi connectivity index (χ4n) is 1.62. The maximum atomic E-state index is 10.9. The van der Waals surface area contributed by atoms with Gasteiger partial charge in [-0.3, -0.25) is 10.1 Å². The summed E-state index contributed by atoms with van der Waals surface area (Å²) in [6, 6.07) is 2.71. The summed E-state index contributed by atoms with van der Waals surface area (Å²) in [7, 11) is 0. The molecule has 0 radical (unpaired) electrons. The van der Waals surface area contributed by atoms with Crippen LogP contribution in [-0.2, 0) is 4.74 Å². The third kappa shape index (κ3) is 4.23. The van der Waals surface area contributed by atoms with Crippen LogP contribution >= 0.6 is 23.2 Å². The number of hydrogen-bond acceptors (Lipinski definition) is 4. The Hall–Kier alpha value is -1.04. The van der Waals surface area contributed by atoms with E-state index < -0.39 is 4.92 Å². The molecule has 1 saturated carbocycles. The van der Waals surface area contributed by atoms with Gasteiger partial charge in [-0.2, -0.15) is 0 Å². The molecule has 19 heavy (non-hydrogen) atoms. The topological polar surface area (TPSA) is 64.4 Å². The lowest BCUT2D eigenvalue weighted by Gasteiger charge is -2.09. The van der Waals surface area contributed by atoms with Crippen molar-refractivity contribution >= 4 is 34.6 Å². The molecule has 0 amide bonds. The second kappa shape index (κ2) is 6.41. The van der Waals surface area contributed by atoms with Gasteiger partial charge in [-0.15, -0.1) is 0 Å². The lowest BCUT2D eigenvalue weighted by atomic mass is 10.2. The number of nitro benzene ring substituents is 1. The van der Waals surface area contributed by atoms with Gasteiger partial charge in [0.2, 0.25) is 0 Å². The van der Waals surface area contributed by atoms with Crippen molar-refractivity contribution in [1.82, 2.24) is 0 Å². The fourth-order valence-corrected chi connectivity index (χ4v) is 1.94. The van der Waals surface area contributed by atoms with Crippen molar-refractivity contribution in [2.75, 3.05) is 25.1 Å². The highest BCUT2D eigenvalue weighted by Crippen LogP contribution is 2.33. The Balaban J connectivity index is 1.89. The van der Waals surface area contributed by atoms with Crippen molar-refractivity contribution in [3.63, 3.8) is 0 Å². The van der Waals surface area contributed by atoms with Crippen molar-refractivity contribution in [3.05, 3.63) is 32.3 Å². The van der Waals surface area contributed by atoms with Gasteiger partial charge < -0.3 is 10.1 Å². The zero-order chi connectivity index (χ0) is 13.8. The molecular weight excluding hydrogens is 291 g/mol. The Morgan fingerprint density at radius 1 is 1.37 bits per heavy atom. The van der Waals surface area contributed by atoms with Gasteiger partial charge in [0.15, 0.2) is 0 Å². The smallest absolute Gasteiger partial charge is 0.293 e. The molecule has 0 spiro atoms. The third-order valence-electron chi connectivity index (χ3n) is 2.85. The van der Waals surface area contributed by atoms with Gasteiger partial charge in [-0.05, 0) is 24.8 Å². The van der Waals surface area contributed by atoms with Gasteiger partial charge in [0.1, 0.15) is 5.69 Å². The molecule has 104 valence electrons. The molecule has 1 N–H and O–H groups in total. The van der Waals surface area contributed by atoms with Gasteiger partial charge >= 0.3 is 0 Å². The Morgan fingerprint density at radius 2 is 2.05 bits per heavy atom. The molecule has 0 atom stereocenters. The molecule has 1 fully saturated rings. The van der Waals surface area contributed by atoms with Gasteiger partial charge in [0.05, 0.1) is 21.6 Å². The van der Waals surface area contributed by atoms with Crippen molar-refractivity contribution in [2.45, 2.75) is 12.8 Å². The minimum Gasteiger partial charge on any atom is -0.379 e. The monoisotopic (exact) mass is 304 g/mol. The highest BCUT2D eigenvalue weighted by molar-refractivity contribution is 6.42. The van der Waals surface area contributed by atoms with Crippen LogP contribution in [0.25, 0.3) is 0 Å². The van der Waals surface area contributed by atoms with E-state index in [-0.39, 0.29) is 15.7 Å². The summed E-state index contributed by atoms with van der Waals surface area (Å²) >= 11 is 11.6. The molecule has 1 aromatic carbocycles. The van der Waals surface area contributed by atoms with Crippen LogP contribution in [0.3, 0.4) is 0 Å². The molecule has 0 heterocycles. The van der Waals surface area contributed by atoms with Gasteiger partial charge in [-0.25, -0.2) is 0 Å². The van der Waals surface area contributed by atoms with Gasteiger partial charge in [0.25, 0.3) is 5.69 Å². The number of hydrogen-bond donors (Lipinski definition) is 1. The second-order valence-electron chi connectivity index (χ2n) is 4.49. The minimum absolute atomic E-state index is 0.0865. The molecule has 2 rings (SSSR count). The number of benzene rings is 1. The summed E-state index contributed by atoms with van der Waals surface area (Å²) in [6.45, 7) is 1.77. The molecule has 0 aliphatic heterocycles. The Bertz CT molecular complexity index is 478. The van der Waals surface area contributed by atoms with Crippen LogP contribution in [0.5, 0.6) is 0 Å². The molecule has 0 unspecified atom stereocenters. The summed E-state index contributed by atoms with van der Waals surface area (Å²) in [5.74, 6) is 0.708. The summed E-state index contributed by atoms with van der Waals surface area (Å²) in [5.41, 5.74) is 0.269. The zero-order valence-corrected chi connectivity index (χ0v) is 11.7. The maximum absolute atomic E-state index is 10.9. The molecule has 1 aliphatic carbocycles. The molecule has 7 heteroatoms. The van der Waals surface area contributed by atoms with Crippen LogP contribution < -0.4 is 5.32 Å². The molecule has 0 saturated heterocycles. The zero-order valence-electron chi connectivity index (χ0n) is 10.2. The van der Waals surface area contributed by atoms with Gasteiger partial charge in [-0.1, -0.05) is 23.2 Å². The molecule has 1 aromatic rings. The van der Waals surface area contributed by atoms with E-state index in [0.717, 1.165) is 6.61 Å². The molecule has 5 nitrogen and oxygen atoms in total. The Morgan fingerprint density at radius 3 is 2.68 bits per heavy atom. The molecule has 0 bridgehead atoms. The molecular formula is C12H14Cl2N2O3. The van der Waals surface area contributed by atoms with Crippen LogP contribution in [-0.4, -0.2) is 24.7 Å². The number of anilines is 1. The number of nitrogens with one attached hydrogen (secondary N) is 1. The summed E-state index contributed by atoms with van der Waals surface area (Å²) in [5, 5.41) is 14.3. The number of halogens is 2. The minimum atomic E-state index is -0.490. The van der Waals surface area contributed by atoms with Crippen LogP contribution in [0.1, 0.15) is 12.8 Å². The first-order valence-corrected chi connectivity index (χ1v) is 6.78. The summed E-state index contributed by atoms with van der Waals surface area (Å²) in [4.78, 5) is 10.4. The first kappa shape index (κ1) is 14.4. The van der Waals surface area contributed by atoms with E-state index in [4.69, 9.17) is 27.9 Å². The second-order valence-corrected chi connectivity index (χ2v) is 5.30. The number of nitro groups is 1. The third-order valence-corrected chi connectivity index (χ3v) is 3.57. The summed E-state index contributed by atoms with van der Waals surface area (Å²) in [6.07, 6.45) is 2.48. The maximum Gasteiger partial charge on any atom is 0.293 e. The highest BCUT2D eigenvalue weighted by Gasteiger charge is 2.21. The lowest BCUT2D eigenvalue weighted by molar-refractivity contribution is -0.383. The number of ether oxygens (including phenoxy) is 1. The van der Waals surface area contributed by atoms with E-state index in [1.54, 1.807) is 0 Å². The Kier molecular flexibility index (Phi) is 4.85. The van der Waals surface area contributed by atoms with Crippen LogP contribution in [0.2, 0.25) is 10.0 Å². The molecule has 0 aromatic heterocycles. The van der Waals surface area contributed by atoms with Crippen molar-refractivity contribution in [3.8, 4) is 0 Å². The highest BCUT2D eigenvalue weighted by atomic mass is 35.5. The van der Waals surface area contributed by atoms with E-state index in [9.17, 15) is 10.1 Å². The standard InChI is InChI=1S/C12H14Cl2N2O3/c13-9-5-11(12(16(17)18)6-10(9)14)15-3-4-19-7-8-1-2-8/h5-6,8,15H,1-4,7H2. The van der Waals surface area contributed by atoms with Crippen LogP contribution in [0, 0.1) is 16.0 Å². The average molecular weight is 305 g/mol. The first-order chi connectivity index (χ1) is 9.08. The van der Waals surface area contributed by atoms with E-state index in [1.807, 2.05) is 0 Å². The predicted octanol–water partition coefficient (Wildman–Crippen LogP) is 3.74.